The number of hydrogen-bond donors (Lipinski definition) is 0. The number of sulfone groups is 2. The van der Waals surface area contributed by atoms with Crippen LogP contribution in [0, 0.1) is 17.8 Å². The molecule has 4 rings (SSSR count). The molecule has 0 radical (unpaired) electrons. The average Bonchev–Trinajstić information content (AvgIpc) is 3.55. The van der Waals surface area contributed by atoms with Crippen LogP contribution in [0.15, 0.2) is 64.4 Å². The lowest BCUT2D eigenvalue weighted by atomic mass is 10.1. The monoisotopic (exact) mass is 418 g/mol. The smallest absolute Gasteiger partial charge is 0.184 e. The first-order chi connectivity index (χ1) is 13.1. The molecule has 28 heavy (non-hydrogen) atoms. The molecule has 4 nitrogen and oxygen atoms in total. The summed E-state index contributed by atoms with van der Waals surface area (Å²) in [5.41, 5.74) is 0.978. The van der Waals surface area contributed by atoms with Crippen LogP contribution >= 0.6 is 0 Å². The van der Waals surface area contributed by atoms with Gasteiger partial charge in [0.15, 0.2) is 19.7 Å². The normalized spacial score (nSPS) is 32.1. The Hall–Kier alpha value is -1.66. The molecule has 2 aromatic carbocycles. The second-order valence-electron chi connectivity index (χ2n) is 8.54. The Morgan fingerprint density at radius 2 is 1.46 bits per heavy atom. The van der Waals surface area contributed by atoms with Crippen molar-refractivity contribution in [1.82, 2.24) is 0 Å². The molecule has 0 aromatic heterocycles. The summed E-state index contributed by atoms with van der Waals surface area (Å²) in [5.74, 6) is 0.304. The molecule has 2 aliphatic carbocycles. The van der Waals surface area contributed by atoms with Crippen molar-refractivity contribution in [2.45, 2.75) is 53.4 Å². The van der Waals surface area contributed by atoms with Gasteiger partial charge in [0, 0.05) is 0 Å². The van der Waals surface area contributed by atoms with E-state index in [0.29, 0.717) is 16.2 Å². The van der Waals surface area contributed by atoms with Crippen LogP contribution in [0.5, 0.6) is 0 Å². The lowest BCUT2D eigenvalue weighted by Crippen LogP contribution is -2.24. The van der Waals surface area contributed by atoms with E-state index in [4.69, 9.17) is 0 Å². The minimum absolute atomic E-state index is 0.0172. The van der Waals surface area contributed by atoms with Gasteiger partial charge in [-0.05, 0) is 67.3 Å². The first-order valence-corrected chi connectivity index (χ1v) is 12.8. The van der Waals surface area contributed by atoms with Gasteiger partial charge in [-0.15, -0.1) is 0 Å². The van der Waals surface area contributed by atoms with Gasteiger partial charge in [0.25, 0.3) is 0 Å². The van der Waals surface area contributed by atoms with E-state index in [1.54, 1.807) is 36.4 Å². The van der Waals surface area contributed by atoms with Gasteiger partial charge in [0.05, 0.1) is 19.8 Å². The summed E-state index contributed by atoms with van der Waals surface area (Å²) in [6.07, 6.45) is 1.36. The molecule has 150 valence electrons. The summed E-state index contributed by atoms with van der Waals surface area (Å²) < 4.78 is 50.5. The summed E-state index contributed by atoms with van der Waals surface area (Å²) in [4.78, 5) is 0.737. The fraction of sp³-hybridized carbons (Fsp3) is 0.455. The van der Waals surface area contributed by atoms with Crippen LogP contribution in [0.1, 0.15) is 32.8 Å². The molecule has 2 aromatic rings. The highest BCUT2D eigenvalue weighted by molar-refractivity contribution is 7.93. The molecule has 6 heteroatoms. The molecule has 0 N–H and O–H groups in total. The molecule has 1 unspecified atom stereocenters. The topological polar surface area (TPSA) is 68.3 Å². The van der Waals surface area contributed by atoms with E-state index in [9.17, 15) is 16.8 Å². The molecule has 0 spiro atoms. The molecule has 0 amide bonds. The SMILES string of the molecule is C[C@@H]1CC1S(=O)(=O)c1ccc(C[C@H]2[C@@H](C)[C@]2(C)S(=O)(=O)c2ccccc2)cc1. The maximum atomic E-state index is 13.1. The molecular weight excluding hydrogens is 392 g/mol. The third kappa shape index (κ3) is 2.92. The Morgan fingerprint density at radius 1 is 0.893 bits per heavy atom. The quantitative estimate of drug-likeness (QED) is 0.713. The van der Waals surface area contributed by atoms with Crippen LogP contribution in [-0.4, -0.2) is 26.8 Å². The summed E-state index contributed by atoms with van der Waals surface area (Å²) in [6, 6.07) is 15.6. The Balaban J connectivity index is 1.53. The standard InChI is InChI=1S/C22H26O4S2/c1-15-13-21(15)27(23,24)18-11-9-17(10-12-18)14-20-16(2)22(20,3)28(25,26)19-7-5-4-6-8-19/h4-12,15-16,20-21H,13-14H2,1-3H3/t15-,16-,20+,21?,22+/m1/s1. The van der Waals surface area contributed by atoms with E-state index >= 15 is 0 Å². The molecule has 2 saturated carbocycles. The van der Waals surface area contributed by atoms with Crippen LogP contribution in [0.4, 0.5) is 0 Å². The zero-order valence-corrected chi connectivity index (χ0v) is 18.0. The van der Waals surface area contributed by atoms with Crippen molar-refractivity contribution >= 4 is 19.7 Å². The molecular formula is C22H26O4S2. The molecule has 0 heterocycles. The predicted octanol–water partition coefficient (Wildman–Crippen LogP) is 3.91. The second kappa shape index (κ2) is 6.42. The summed E-state index contributed by atoms with van der Waals surface area (Å²) in [6.45, 7) is 5.77. The van der Waals surface area contributed by atoms with Crippen molar-refractivity contribution in [3.8, 4) is 0 Å². The van der Waals surface area contributed by atoms with Crippen molar-refractivity contribution in [2.75, 3.05) is 0 Å². The van der Waals surface area contributed by atoms with E-state index in [0.717, 1.165) is 12.0 Å². The fourth-order valence-corrected chi connectivity index (χ4v) is 8.77. The Kier molecular flexibility index (Phi) is 4.51. The van der Waals surface area contributed by atoms with Gasteiger partial charge in [-0.1, -0.05) is 44.2 Å². The first-order valence-electron chi connectivity index (χ1n) is 9.72. The molecule has 0 aliphatic heterocycles. The average molecular weight is 419 g/mol. The van der Waals surface area contributed by atoms with Crippen LogP contribution in [0.2, 0.25) is 0 Å². The van der Waals surface area contributed by atoms with Crippen molar-refractivity contribution in [3.63, 3.8) is 0 Å². The first kappa shape index (κ1) is 19.6. The van der Waals surface area contributed by atoms with E-state index in [1.807, 2.05) is 39.0 Å². The summed E-state index contributed by atoms with van der Waals surface area (Å²) in [7, 11) is -6.65. The van der Waals surface area contributed by atoms with Gasteiger partial charge in [-0.3, -0.25) is 0 Å². The maximum absolute atomic E-state index is 13.1. The predicted molar refractivity (Wildman–Crippen MR) is 110 cm³/mol. The summed E-state index contributed by atoms with van der Waals surface area (Å²) >= 11 is 0. The third-order valence-electron chi connectivity index (χ3n) is 6.91. The van der Waals surface area contributed by atoms with Crippen LogP contribution < -0.4 is 0 Å². The van der Waals surface area contributed by atoms with Crippen LogP contribution in [-0.2, 0) is 26.1 Å². The second-order valence-corrected chi connectivity index (χ2v) is 13.1. The lowest BCUT2D eigenvalue weighted by molar-refractivity contribution is 0.572. The van der Waals surface area contributed by atoms with Crippen LogP contribution in [0.25, 0.3) is 0 Å². The van der Waals surface area contributed by atoms with Crippen molar-refractivity contribution in [3.05, 3.63) is 60.2 Å². The van der Waals surface area contributed by atoms with Crippen molar-refractivity contribution in [2.24, 2.45) is 17.8 Å². The third-order valence-corrected chi connectivity index (χ3v) is 12.0. The van der Waals surface area contributed by atoms with Gasteiger partial charge in [-0.25, -0.2) is 16.8 Å². The summed E-state index contributed by atoms with van der Waals surface area (Å²) in [5, 5.41) is -0.249. The molecule has 0 bridgehead atoms. The fourth-order valence-electron chi connectivity index (χ4n) is 4.44. The largest absolute Gasteiger partial charge is 0.223 e. The highest BCUT2D eigenvalue weighted by Gasteiger charge is 2.66. The Morgan fingerprint density at radius 3 is 2.00 bits per heavy atom. The molecule has 5 atom stereocenters. The molecule has 2 fully saturated rings. The molecule has 0 saturated heterocycles. The number of benzene rings is 2. The Labute approximate surface area is 167 Å². The number of rotatable bonds is 6. The van der Waals surface area contributed by atoms with Crippen LogP contribution in [0.3, 0.4) is 0 Å². The van der Waals surface area contributed by atoms with Crippen molar-refractivity contribution in [1.29, 1.82) is 0 Å². The van der Waals surface area contributed by atoms with E-state index in [2.05, 4.69) is 0 Å². The zero-order valence-electron chi connectivity index (χ0n) is 16.4. The maximum Gasteiger partial charge on any atom is 0.184 e. The molecule has 2 aliphatic rings. The minimum atomic E-state index is -3.42. The van der Waals surface area contributed by atoms with Gasteiger partial charge < -0.3 is 0 Å². The van der Waals surface area contributed by atoms with Crippen molar-refractivity contribution < 1.29 is 16.8 Å². The van der Waals surface area contributed by atoms with E-state index in [1.165, 1.54) is 0 Å². The van der Waals surface area contributed by atoms with Gasteiger partial charge in [0.2, 0.25) is 0 Å². The van der Waals surface area contributed by atoms with Gasteiger partial charge >= 0.3 is 0 Å². The highest BCUT2D eigenvalue weighted by Crippen LogP contribution is 2.59. The highest BCUT2D eigenvalue weighted by atomic mass is 32.2. The van der Waals surface area contributed by atoms with E-state index in [-0.39, 0.29) is 23.0 Å². The number of hydrogen-bond acceptors (Lipinski definition) is 4. The lowest BCUT2D eigenvalue weighted by Gasteiger charge is -2.14. The zero-order chi connectivity index (χ0) is 20.3. The van der Waals surface area contributed by atoms with Gasteiger partial charge in [0.1, 0.15) is 0 Å². The Bertz CT molecular complexity index is 1090. The minimum Gasteiger partial charge on any atom is -0.223 e. The van der Waals surface area contributed by atoms with Gasteiger partial charge in [-0.2, -0.15) is 0 Å². The van der Waals surface area contributed by atoms with E-state index < -0.39 is 24.4 Å².